The van der Waals surface area contributed by atoms with E-state index in [-0.39, 0.29) is 18.2 Å². The van der Waals surface area contributed by atoms with E-state index in [2.05, 4.69) is 4.98 Å². The fraction of sp³-hybridized carbons (Fsp3) is 0.367. The fourth-order valence-electron chi connectivity index (χ4n) is 4.99. The van der Waals surface area contributed by atoms with E-state index in [1.54, 1.807) is 37.6 Å². The third-order valence-electron chi connectivity index (χ3n) is 6.76. The quantitative estimate of drug-likeness (QED) is 0.357. The van der Waals surface area contributed by atoms with Crippen molar-refractivity contribution in [2.45, 2.75) is 64.1 Å². The van der Waals surface area contributed by atoms with Crippen molar-refractivity contribution in [2.75, 3.05) is 7.11 Å². The number of aromatic nitrogens is 2. The van der Waals surface area contributed by atoms with Crippen molar-refractivity contribution >= 4 is 12.0 Å². The van der Waals surface area contributed by atoms with E-state index in [1.807, 2.05) is 19.9 Å². The number of pyridine rings is 2. The standard InChI is InChI=1S/C30H33FN2O5/c1-17(2)29-24(12-11-21(34)14-22(35)15-27(36)37)28(18-7-9-20(31)10-8-18)23-6-4-5-19-13-26(38-3)32-16-25(19)30(23)33-29/h7-13,16-17,21-22,34-35H,4-6,14-15H2,1-3H3,(H,36,37)/b12-11+/t21-,22-/m1/s1. The number of ether oxygens (including phenoxy) is 1. The average Bonchev–Trinajstić information content (AvgIpc) is 3.05. The third kappa shape index (κ3) is 6.09. The zero-order valence-corrected chi connectivity index (χ0v) is 21.8. The van der Waals surface area contributed by atoms with Gasteiger partial charge in [-0.3, -0.25) is 9.78 Å². The SMILES string of the molecule is COc1cc2c(cn1)-c1nc(C(C)C)c(/C=C/[C@@H](O)C[C@@H](O)CC(=O)O)c(-c3ccc(F)cc3)c1CCC2. The van der Waals surface area contributed by atoms with Gasteiger partial charge in [0.2, 0.25) is 5.88 Å². The lowest BCUT2D eigenvalue weighted by Crippen LogP contribution is -2.19. The van der Waals surface area contributed by atoms with Crippen LogP contribution >= 0.6 is 0 Å². The fourth-order valence-corrected chi connectivity index (χ4v) is 4.99. The summed E-state index contributed by atoms with van der Waals surface area (Å²) in [5, 5.41) is 29.4. The Balaban J connectivity index is 1.91. The van der Waals surface area contributed by atoms with Crippen LogP contribution in [-0.4, -0.2) is 50.6 Å². The lowest BCUT2D eigenvalue weighted by atomic mass is 9.86. The van der Waals surface area contributed by atoms with Crippen LogP contribution in [0.25, 0.3) is 28.5 Å². The highest BCUT2D eigenvalue weighted by atomic mass is 19.1. The summed E-state index contributed by atoms with van der Waals surface area (Å²) in [6.07, 6.45) is 4.82. The summed E-state index contributed by atoms with van der Waals surface area (Å²) in [5.41, 5.74) is 7.26. The minimum atomic E-state index is -1.17. The molecule has 0 amide bonds. The van der Waals surface area contributed by atoms with Gasteiger partial charge in [-0.15, -0.1) is 0 Å². The van der Waals surface area contributed by atoms with Crippen LogP contribution in [0.3, 0.4) is 0 Å². The number of benzene rings is 1. The highest BCUT2D eigenvalue weighted by molar-refractivity contribution is 5.85. The number of carboxylic acid groups (broad SMARTS) is 1. The third-order valence-corrected chi connectivity index (χ3v) is 6.76. The summed E-state index contributed by atoms with van der Waals surface area (Å²) in [5.74, 6) is -0.892. The first-order valence-electron chi connectivity index (χ1n) is 12.8. The summed E-state index contributed by atoms with van der Waals surface area (Å²) in [7, 11) is 1.59. The van der Waals surface area contributed by atoms with Crippen molar-refractivity contribution in [1.82, 2.24) is 9.97 Å². The Morgan fingerprint density at radius 1 is 1.18 bits per heavy atom. The molecule has 3 N–H and O–H groups in total. The summed E-state index contributed by atoms with van der Waals surface area (Å²) < 4.78 is 19.3. The van der Waals surface area contributed by atoms with Crippen LogP contribution < -0.4 is 4.74 Å². The number of rotatable bonds is 9. The van der Waals surface area contributed by atoms with Gasteiger partial charge in [0.1, 0.15) is 5.82 Å². The molecule has 0 fully saturated rings. The van der Waals surface area contributed by atoms with E-state index in [0.717, 1.165) is 64.0 Å². The molecule has 0 spiro atoms. The molecule has 0 saturated carbocycles. The lowest BCUT2D eigenvalue weighted by molar-refractivity contribution is -0.139. The minimum absolute atomic E-state index is 0.0202. The summed E-state index contributed by atoms with van der Waals surface area (Å²) in [4.78, 5) is 20.5. The second-order valence-electron chi connectivity index (χ2n) is 9.93. The van der Waals surface area contributed by atoms with Crippen molar-refractivity contribution in [3.63, 3.8) is 0 Å². The van der Waals surface area contributed by atoms with Gasteiger partial charge < -0.3 is 20.1 Å². The van der Waals surface area contributed by atoms with Gasteiger partial charge in [0, 0.05) is 29.8 Å². The maximum atomic E-state index is 13.9. The Morgan fingerprint density at radius 2 is 1.92 bits per heavy atom. The van der Waals surface area contributed by atoms with Gasteiger partial charge in [0.05, 0.1) is 37.1 Å². The number of fused-ring (bicyclic) bond motifs is 3. The number of hydrogen-bond donors (Lipinski definition) is 3. The number of methoxy groups -OCH3 is 1. The molecule has 2 atom stereocenters. The molecule has 1 aliphatic carbocycles. The highest BCUT2D eigenvalue weighted by Crippen LogP contribution is 2.42. The van der Waals surface area contributed by atoms with E-state index < -0.39 is 24.6 Å². The molecule has 38 heavy (non-hydrogen) atoms. The smallest absolute Gasteiger partial charge is 0.305 e. The monoisotopic (exact) mass is 520 g/mol. The first-order valence-corrected chi connectivity index (χ1v) is 12.8. The minimum Gasteiger partial charge on any atom is -0.481 e. The molecule has 0 radical (unpaired) electrons. The van der Waals surface area contributed by atoms with Gasteiger partial charge >= 0.3 is 5.97 Å². The van der Waals surface area contributed by atoms with E-state index in [9.17, 15) is 19.4 Å². The Morgan fingerprint density at radius 3 is 2.58 bits per heavy atom. The van der Waals surface area contributed by atoms with Gasteiger partial charge in [-0.25, -0.2) is 9.37 Å². The Labute approximate surface area is 221 Å². The topological polar surface area (TPSA) is 113 Å². The van der Waals surface area contributed by atoms with Crippen LogP contribution in [0, 0.1) is 5.82 Å². The maximum Gasteiger partial charge on any atom is 0.305 e. The number of aliphatic carboxylic acids is 1. The molecule has 2 aromatic heterocycles. The highest BCUT2D eigenvalue weighted by Gasteiger charge is 2.26. The molecule has 0 aliphatic heterocycles. The van der Waals surface area contributed by atoms with Crippen molar-refractivity contribution < 1.29 is 29.2 Å². The van der Waals surface area contributed by atoms with Crippen molar-refractivity contribution in [3.05, 3.63) is 70.8 Å². The summed E-state index contributed by atoms with van der Waals surface area (Å²) >= 11 is 0. The zero-order valence-electron chi connectivity index (χ0n) is 21.8. The predicted octanol–water partition coefficient (Wildman–Crippen LogP) is 5.17. The van der Waals surface area contributed by atoms with Crippen LogP contribution in [-0.2, 0) is 17.6 Å². The van der Waals surface area contributed by atoms with Crippen molar-refractivity contribution in [2.24, 2.45) is 0 Å². The van der Waals surface area contributed by atoms with Gasteiger partial charge in [0.15, 0.2) is 0 Å². The molecule has 200 valence electrons. The molecular formula is C30H33FN2O5. The molecule has 2 heterocycles. The number of aryl methyl sites for hydroxylation is 1. The van der Waals surface area contributed by atoms with Crippen LogP contribution in [0.2, 0.25) is 0 Å². The van der Waals surface area contributed by atoms with E-state index in [4.69, 9.17) is 14.8 Å². The maximum absolute atomic E-state index is 13.9. The molecule has 0 bridgehead atoms. The van der Waals surface area contributed by atoms with Crippen LogP contribution in [0.15, 0.2) is 42.6 Å². The first kappa shape index (κ1) is 27.4. The normalized spacial score (nSPS) is 14.6. The van der Waals surface area contributed by atoms with Gasteiger partial charge in [-0.1, -0.05) is 38.1 Å². The number of aliphatic hydroxyl groups excluding tert-OH is 2. The van der Waals surface area contributed by atoms with Gasteiger partial charge in [0.25, 0.3) is 0 Å². The Bertz CT molecular complexity index is 1340. The van der Waals surface area contributed by atoms with E-state index in [1.165, 1.54) is 12.1 Å². The molecule has 0 saturated heterocycles. The number of aliphatic hydroxyl groups is 2. The Hall–Kier alpha value is -3.62. The number of carbonyl (C=O) groups is 1. The predicted molar refractivity (Wildman–Crippen MR) is 143 cm³/mol. The van der Waals surface area contributed by atoms with Gasteiger partial charge in [-0.2, -0.15) is 0 Å². The zero-order chi connectivity index (χ0) is 27.4. The number of nitrogens with zero attached hydrogens (tertiary/aromatic N) is 2. The molecule has 4 rings (SSSR count). The summed E-state index contributed by atoms with van der Waals surface area (Å²) in [6, 6.07) is 8.30. The van der Waals surface area contributed by atoms with Crippen LogP contribution in [0.4, 0.5) is 4.39 Å². The number of halogens is 1. The average molecular weight is 521 g/mol. The van der Waals surface area contributed by atoms with Crippen molar-refractivity contribution in [1.29, 1.82) is 0 Å². The second-order valence-corrected chi connectivity index (χ2v) is 9.93. The van der Waals surface area contributed by atoms with Gasteiger partial charge in [-0.05, 0) is 59.6 Å². The molecule has 7 nitrogen and oxygen atoms in total. The van der Waals surface area contributed by atoms with E-state index >= 15 is 0 Å². The largest absolute Gasteiger partial charge is 0.481 e. The first-order chi connectivity index (χ1) is 18.2. The second kappa shape index (κ2) is 11.8. The Kier molecular flexibility index (Phi) is 8.54. The number of carboxylic acids is 1. The molecular weight excluding hydrogens is 487 g/mol. The van der Waals surface area contributed by atoms with Crippen LogP contribution in [0.1, 0.15) is 61.4 Å². The molecule has 1 aromatic carbocycles. The molecule has 1 aliphatic rings. The van der Waals surface area contributed by atoms with Crippen molar-refractivity contribution in [3.8, 4) is 28.3 Å². The summed E-state index contributed by atoms with van der Waals surface area (Å²) in [6.45, 7) is 4.08. The molecule has 0 unspecified atom stereocenters. The molecule has 3 aromatic rings. The molecule has 8 heteroatoms. The van der Waals surface area contributed by atoms with Crippen LogP contribution in [0.5, 0.6) is 5.88 Å². The lowest BCUT2D eigenvalue weighted by Gasteiger charge is -2.22. The van der Waals surface area contributed by atoms with E-state index in [0.29, 0.717) is 5.88 Å². The number of hydrogen-bond acceptors (Lipinski definition) is 6.